The van der Waals surface area contributed by atoms with Gasteiger partial charge < -0.3 is 10.1 Å². The molecule has 0 bridgehead atoms. The molecule has 3 heterocycles. The number of aromatic amines is 1. The highest BCUT2D eigenvalue weighted by Gasteiger charge is 2.33. The van der Waals surface area contributed by atoms with Crippen LogP contribution in [0.5, 0.6) is 0 Å². The van der Waals surface area contributed by atoms with Gasteiger partial charge in [-0.3, -0.25) is 14.3 Å². The summed E-state index contributed by atoms with van der Waals surface area (Å²) in [5.41, 5.74) is -0.346. The third kappa shape index (κ3) is 2.94. The normalized spacial score (nSPS) is 23.3. The van der Waals surface area contributed by atoms with Gasteiger partial charge in [0, 0.05) is 25.7 Å². The van der Waals surface area contributed by atoms with Crippen molar-refractivity contribution in [2.24, 2.45) is 0 Å². The van der Waals surface area contributed by atoms with Gasteiger partial charge in [0.2, 0.25) is 0 Å². The van der Waals surface area contributed by atoms with Crippen LogP contribution in [-0.2, 0) is 11.2 Å². The SMILES string of the molecule is O=c1[nH]c2c(c(=O)n1C1CCOCC1)C[C@H](F)[C@H](c1cccc(F)c1)N2. The molecule has 138 valence electrons. The van der Waals surface area contributed by atoms with Crippen LogP contribution in [0, 0.1) is 5.82 Å². The van der Waals surface area contributed by atoms with E-state index in [4.69, 9.17) is 4.74 Å². The zero-order valence-electron chi connectivity index (χ0n) is 14.0. The highest BCUT2D eigenvalue weighted by atomic mass is 19.1. The van der Waals surface area contributed by atoms with E-state index >= 15 is 0 Å². The fourth-order valence-corrected chi connectivity index (χ4v) is 3.73. The van der Waals surface area contributed by atoms with E-state index in [-0.39, 0.29) is 23.8 Å². The van der Waals surface area contributed by atoms with Crippen LogP contribution in [0.15, 0.2) is 33.9 Å². The van der Waals surface area contributed by atoms with Crippen LogP contribution >= 0.6 is 0 Å². The number of nitrogens with one attached hydrogen (secondary N) is 2. The number of H-pyrrole nitrogens is 1. The van der Waals surface area contributed by atoms with Gasteiger partial charge in [-0.1, -0.05) is 12.1 Å². The third-order valence-electron chi connectivity index (χ3n) is 5.05. The number of ether oxygens (including phenoxy) is 1. The Kier molecular flexibility index (Phi) is 4.36. The molecule has 0 amide bonds. The molecule has 26 heavy (non-hydrogen) atoms. The molecule has 2 aliphatic heterocycles. The molecule has 0 aliphatic carbocycles. The third-order valence-corrected chi connectivity index (χ3v) is 5.05. The van der Waals surface area contributed by atoms with Gasteiger partial charge in [-0.15, -0.1) is 0 Å². The molecule has 1 aromatic heterocycles. The van der Waals surface area contributed by atoms with E-state index in [0.29, 0.717) is 31.6 Å². The van der Waals surface area contributed by atoms with Crippen molar-refractivity contribution < 1.29 is 13.5 Å². The Hall–Kier alpha value is -2.48. The second-order valence-electron chi connectivity index (χ2n) is 6.70. The van der Waals surface area contributed by atoms with E-state index in [9.17, 15) is 18.4 Å². The molecule has 2 N–H and O–H groups in total. The summed E-state index contributed by atoms with van der Waals surface area (Å²) >= 11 is 0. The van der Waals surface area contributed by atoms with Crippen LogP contribution in [-0.4, -0.2) is 28.9 Å². The Morgan fingerprint density at radius 2 is 1.96 bits per heavy atom. The van der Waals surface area contributed by atoms with Gasteiger partial charge in [-0.25, -0.2) is 13.6 Å². The van der Waals surface area contributed by atoms with E-state index in [1.807, 2.05) is 0 Å². The van der Waals surface area contributed by atoms with E-state index in [1.54, 1.807) is 6.07 Å². The summed E-state index contributed by atoms with van der Waals surface area (Å²) in [6.07, 6.45) is -0.408. The zero-order chi connectivity index (χ0) is 18.3. The van der Waals surface area contributed by atoms with Crippen molar-refractivity contribution in [3.8, 4) is 0 Å². The molecule has 8 heteroatoms. The Bertz CT molecular complexity index is 934. The second kappa shape index (κ2) is 6.68. The number of halogens is 2. The van der Waals surface area contributed by atoms with E-state index in [0.717, 1.165) is 0 Å². The summed E-state index contributed by atoms with van der Waals surface area (Å²) in [6.45, 7) is 0.971. The number of nitrogens with zero attached hydrogens (tertiary/aromatic N) is 1. The van der Waals surface area contributed by atoms with Gasteiger partial charge in [0.1, 0.15) is 17.8 Å². The quantitative estimate of drug-likeness (QED) is 0.857. The van der Waals surface area contributed by atoms with Crippen molar-refractivity contribution in [1.82, 2.24) is 9.55 Å². The maximum absolute atomic E-state index is 14.8. The molecular formula is C18H19F2N3O3. The second-order valence-corrected chi connectivity index (χ2v) is 6.70. The number of alkyl halides is 1. The number of anilines is 1. The van der Waals surface area contributed by atoms with Crippen LogP contribution in [0.3, 0.4) is 0 Å². The Labute approximate surface area is 147 Å². The lowest BCUT2D eigenvalue weighted by atomic mass is 9.94. The molecule has 4 rings (SSSR count). The molecular weight excluding hydrogens is 344 g/mol. The predicted octanol–water partition coefficient (Wildman–Crippen LogP) is 2.07. The Balaban J connectivity index is 1.72. The van der Waals surface area contributed by atoms with Gasteiger partial charge in [0.15, 0.2) is 0 Å². The minimum absolute atomic E-state index is 0.137. The first-order chi connectivity index (χ1) is 12.5. The summed E-state index contributed by atoms with van der Waals surface area (Å²) < 4.78 is 34.7. The lowest BCUT2D eigenvalue weighted by Crippen LogP contribution is -2.45. The fourth-order valence-electron chi connectivity index (χ4n) is 3.73. The fraction of sp³-hybridized carbons (Fsp3) is 0.444. The number of hydrogen-bond donors (Lipinski definition) is 2. The number of rotatable bonds is 2. The molecule has 6 nitrogen and oxygen atoms in total. The average molecular weight is 363 g/mol. The van der Waals surface area contributed by atoms with Gasteiger partial charge in [0.25, 0.3) is 5.56 Å². The van der Waals surface area contributed by atoms with Gasteiger partial charge >= 0.3 is 5.69 Å². The summed E-state index contributed by atoms with van der Waals surface area (Å²) in [6, 6.07) is 4.56. The van der Waals surface area contributed by atoms with Crippen LogP contribution in [0.25, 0.3) is 0 Å². The topological polar surface area (TPSA) is 76.1 Å². The number of aromatic nitrogens is 2. The Morgan fingerprint density at radius 3 is 2.69 bits per heavy atom. The predicted molar refractivity (Wildman–Crippen MR) is 91.8 cm³/mol. The Morgan fingerprint density at radius 1 is 1.19 bits per heavy atom. The first kappa shape index (κ1) is 17.0. The maximum atomic E-state index is 14.8. The first-order valence-corrected chi connectivity index (χ1v) is 8.66. The van der Waals surface area contributed by atoms with Crippen molar-refractivity contribution in [1.29, 1.82) is 0 Å². The molecule has 0 radical (unpaired) electrons. The minimum atomic E-state index is -1.41. The largest absolute Gasteiger partial charge is 0.381 e. The molecule has 0 spiro atoms. The smallest absolute Gasteiger partial charge is 0.330 e. The van der Waals surface area contributed by atoms with Gasteiger partial charge in [-0.2, -0.15) is 0 Å². The molecule has 0 unspecified atom stereocenters. The van der Waals surface area contributed by atoms with E-state index in [1.165, 1.54) is 22.8 Å². The van der Waals surface area contributed by atoms with Crippen molar-refractivity contribution in [3.05, 3.63) is 62.0 Å². The highest BCUT2D eigenvalue weighted by molar-refractivity contribution is 5.49. The average Bonchev–Trinajstić information content (AvgIpc) is 2.63. The molecule has 2 aromatic rings. The van der Waals surface area contributed by atoms with E-state index in [2.05, 4.69) is 10.3 Å². The van der Waals surface area contributed by atoms with Crippen LogP contribution in [0.4, 0.5) is 14.6 Å². The standard InChI is InChI=1S/C18H19F2N3O3/c19-11-3-1-2-10(8-11)15-14(20)9-13-16(21-15)22-18(25)23(17(13)24)12-4-6-26-7-5-12/h1-3,8,12,14-15,21H,4-7,9H2,(H,22,25)/t14-,15-/m0/s1. The number of benzene rings is 1. The minimum Gasteiger partial charge on any atom is -0.381 e. The molecule has 1 fully saturated rings. The monoisotopic (exact) mass is 363 g/mol. The lowest BCUT2D eigenvalue weighted by Gasteiger charge is -2.31. The van der Waals surface area contributed by atoms with E-state index < -0.39 is 29.3 Å². The van der Waals surface area contributed by atoms with Crippen molar-refractivity contribution in [2.45, 2.75) is 37.5 Å². The maximum Gasteiger partial charge on any atom is 0.330 e. The van der Waals surface area contributed by atoms with Crippen molar-refractivity contribution >= 4 is 5.82 Å². The van der Waals surface area contributed by atoms with Gasteiger partial charge in [-0.05, 0) is 30.5 Å². The molecule has 2 atom stereocenters. The zero-order valence-corrected chi connectivity index (χ0v) is 14.0. The summed E-state index contributed by atoms with van der Waals surface area (Å²) in [5.74, 6) is -0.253. The number of hydrogen-bond acceptors (Lipinski definition) is 4. The highest BCUT2D eigenvalue weighted by Crippen LogP contribution is 2.32. The first-order valence-electron chi connectivity index (χ1n) is 8.66. The van der Waals surface area contributed by atoms with Crippen molar-refractivity contribution in [3.63, 3.8) is 0 Å². The summed E-state index contributed by atoms with van der Waals surface area (Å²) in [7, 11) is 0. The van der Waals surface area contributed by atoms with Crippen LogP contribution in [0.2, 0.25) is 0 Å². The molecule has 1 aromatic carbocycles. The van der Waals surface area contributed by atoms with Gasteiger partial charge in [0.05, 0.1) is 11.6 Å². The molecule has 1 saturated heterocycles. The van der Waals surface area contributed by atoms with Crippen LogP contribution < -0.4 is 16.6 Å². The molecule has 0 saturated carbocycles. The lowest BCUT2D eigenvalue weighted by molar-refractivity contribution is 0.0673. The molecule has 2 aliphatic rings. The summed E-state index contributed by atoms with van der Waals surface area (Å²) in [4.78, 5) is 27.9. The number of fused-ring (bicyclic) bond motifs is 1. The van der Waals surface area contributed by atoms with Crippen molar-refractivity contribution in [2.75, 3.05) is 18.5 Å². The van der Waals surface area contributed by atoms with Crippen LogP contribution in [0.1, 0.15) is 36.1 Å². The summed E-state index contributed by atoms with van der Waals surface area (Å²) in [5, 5.41) is 2.87.